The molecule has 1 amide bonds. The molecule has 5 rings (SSSR count). The highest BCUT2D eigenvalue weighted by Crippen LogP contribution is 2.30. The van der Waals surface area contributed by atoms with Crippen LogP contribution in [0.4, 0.5) is 0 Å². The molecule has 7 heteroatoms. The molecule has 2 aromatic carbocycles. The van der Waals surface area contributed by atoms with Crippen molar-refractivity contribution >= 4 is 28.9 Å². The Balaban J connectivity index is 1.28. The Labute approximate surface area is 216 Å². The van der Waals surface area contributed by atoms with E-state index in [1.807, 2.05) is 66.9 Å². The Morgan fingerprint density at radius 3 is 2.51 bits per heavy atom. The third kappa shape index (κ3) is 6.36. The number of carbonyl (C=O) groups excluding carboxylic acids is 2. The van der Waals surface area contributed by atoms with Crippen molar-refractivity contribution < 1.29 is 18.7 Å². The SMILES string of the molecule is O=C(COC(=O)C=Cc1cn(-c2ccccc2)nc1-c1cc2ccccc2o1)NC1CCCCCCC1. The Kier molecular flexibility index (Phi) is 7.79. The summed E-state index contributed by atoms with van der Waals surface area (Å²) in [6, 6.07) is 19.6. The maximum atomic E-state index is 12.4. The Morgan fingerprint density at radius 2 is 1.73 bits per heavy atom. The van der Waals surface area contributed by atoms with E-state index in [1.165, 1.54) is 25.3 Å². The molecule has 1 saturated carbocycles. The number of esters is 1. The minimum Gasteiger partial charge on any atom is -0.454 e. The van der Waals surface area contributed by atoms with Gasteiger partial charge in [0.1, 0.15) is 11.3 Å². The van der Waals surface area contributed by atoms with Gasteiger partial charge in [0.25, 0.3) is 5.91 Å². The van der Waals surface area contributed by atoms with Gasteiger partial charge in [-0.2, -0.15) is 5.10 Å². The van der Waals surface area contributed by atoms with Crippen molar-refractivity contribution in [3.63, 3.8) is 0 Å². The lowest BCUT2D eigenvalue weighted by molar-refractivity contribution is -0.144. The van der Waals surface area contributed by atoms with Crippen molar-refractivity contribution in [2.24, 2.45) is 0 Å². The summed E-state index contributed by atoms with van der Waals surface area (Å²) in [4.78, 5) is 24.8. The van der Waals surface area contributed by atoms with Gasteiger partial charge in [0, 0.05) is 29.3 Å². The normalized spacial score (nSPS) is 14.9. The van der Waals surface area contributed by atoms with Gasteiger partial charge in [-0.1, -0.05) is 68.5 Å². The molecule has 37 heavy (non-hydrogen) atoms. The van der Waals surface area contributed by atoms with Crippen LogP contribution < -0.4 is 5.32 Å². The second-order valence-electron chi connectivity index (χ2n) is 9.41. The van der Waals surface area contributed by atoms with E-state index >= 15 is 0 Å². The van der Waals surface area contributed by atoms with Crippen LogP contribution in [-0.4, -0.2) is 34.3 Å². The van der Waals surface area contributed by atoms with Crippen molar-refractivity contribution in [1.29, 1.82) is 0 Å². The largest absolute Gasteiger partial charge is 0.454 e. The van der Waals surface area contributed by atoms with Gasteiger partial charge in [-0.25, -0.2) is 9.48 Å². The van der Waals surface area contributed by atoms with E-state index in [1.54, 1.807) is 10.8 Å². The van der Waals surface area contributed by atoms with E-state index in [0.29, 0.717) is 17.0 Å². The Bertz CT molecular complexity index is 1350. The van der Waals surface area contributed by atoms with Crippen LogP contribution in [0, 0.1) is 0 Å². The highest BCUT2D eigenvalue weighted by molar-refractivity contribution is 5.91. The van der Waals surface area contributed by atoms with Gasteiger partial charge in [-0.15, -0.1) is 0 Å². The van der Waals surface area contributed by atoms with Crippen LogP contribution in [0.3, 0.4) is 0 Å². The Hall–Kier alpha value is -4.13. The molecule has 1 N–H and O–H groups in total. The fourth-order valence-corrected chi connectivity index (χ4v) is 4.72. The second-order valence-corrected chi connectivity index (χ2v) is 9.41. The second kappa shape index (κ2) is 11.7. The fraction of sp³-hybridized carbons (Fsp3) is 0.300. The summed E-state index contributed by atoms with van der Waals surface area (Å²) in [7, 11) is 0. The van der Waals surface area contributed by atoms with Crippen molar-refractivity contribution in [1.82, 2.24) is 15.1 Å². The summed E-state index contributed by atoms with van der Waals surface area (Å²) in [6.45, 7) is -0.292. The number of furan rings is 1. The number of rotatable bonds is 7. The van der Waals surface area contributed by atoms with Crippen LogP contribution in [-0.2, 0) is 14.3 Å². The smallest absolute Gasteiger partial charge is 0.331 e. The molecule has 0 unspecified atom stereocenters. The molecule has 1 aliphatic carbocycles. The molecule has 190 valence electrons. The topological polar surface area (TPSA) is 86.4 Å². The minimum absolute atomic E-state index is 0.164. The molecule has 1 aliphatic rings. The zero-order chi connectivity index (χ0) is 25.5. The van der Waals surface area contributed by atoms with E-state index in [4.69, 9.17) is 14.3 Å². The summed E-state index contributed by atoms with van der Waals surface area (Å²) in [5.74, 6) is -0.245. The number of fused-ring (bicyclic) bond motifs is 1. The molecule has 0 spiro atoms. The number of amides is 1. The molecule has 1 fully saturated rings. The highest BCUT2D eigenvalue weighted by atomic mass is 16.5. The summed E-state index contributed by atoms with van der Waals surface area (Å²) in [5, 5.41) is 8.72. The quantitative estimate of drug-likeness (QED) is 0.247. The first kappa shape index (κ1) is 24.6. The predicted molar refractivity (Wildman–Crippen MR) is 143 cm³/mol. The average molecular weight is 498 g/mol. The third-order valence-electron chi connectivity index (χ3n) is 6.64. The number of carbonyl (C=O) groups is 2. The maximum Gasteiger partial charge on any atom is 0.331 e. The zero-order valence-corrected chi connectivity index (χ0v) is 20.8. The number of aromatic nitrogens is 2. The number of para-hydroxylation sites is 2. The molecule has 7 nitrogen and oxygen atoms in total. The molecule has 0 saturated heterocycles. The van der Waals surface area contributed by atoms with Crippen LogP contribution >= 0.6 is 0 Å². The molecule has 2 heterocycles. The molecular formula is C30H31N3O4. The number of hydrogen-bond donors (Lipinski definition) is 1. The molecular weight excluding hydrogens is 466 g/mol. The predicted octanol–water partition coefficient (Wildman–Crippen LogP) is 6.07. The van der Waals surface area contributed by atoms with Crippen molar-refractivity contribution in [2.45, 2.75) is 51.0 Å². The fourth-order valence-electron chi connectivity index (χ4n) is 4.72. The van der Waals surface area contributed by atoms with E-state index in [2.05, 4.69) is 5.32 Å². The number of ether oxygens (including phenoxy) is 1. The van der Waals surface area contributed by atoms with Crippen LogP contribution in [0.25, 0.3) is 34.2 Å². The van der Waals surface area contributed by atoms with Crippen LogP contribution in [0.5, 0.6) is 0 Å². The number of nitrogens with one attached hydrogen (secondary N) is 1. The first-order valence-electron chi connectivity index (χ1n) is 12.9. The summed E-state index contributed by atoms with van der Waals surface area (Å²) in [5.41, 5.74) is 2.94. The van der Waals surface area contributed by atoms with Gasteiger partial charge in [0.05, 0.1) is 5.69 Å². The van der Waals surface area contributed by atoms with E-state index < -0.39 is 5.97 Å². The number of hydrogen-bond acceptors (Lipinski definition) is 5. The molecule has 0 aliphatic heterocycles. The monoisotopic (exact) mass is 497 g/mol. The van der Waals surface area contributed by atoms with Crippen LogP contribution in [0.15, 0.2) is 77.4 Å². The van der Waals surface area contributed by atoms with Gasteiger partial charge in [0.15, 0.2) is 12.4 Å². The van der Waals surface area contributed by atoms with Gasteiger partial charge < -0.3 is 14.5 Å². The van der Waals surface area contributed by atoms with Gasteiger partial charge in [-0.05, 0) is 43.2 Å². The van der Waals surface area contributed by atoms with Gasteiger partial charge >= 0.3 is 5.97 Å². The lowest BCUT2D eigenvalue weighted by atomic mass is 9.97. The number of benzene rings is 2. The molecule has 2 aromatic heterocycles. The Morgan fingerprint density at radius 1 is 1.00 bits per heavy atom. The molecule has 0 bridgehead atoms. The summed E-state index contributed by atoms with van der Waals surface area (Å²) >= 11 is 0. The van der Waals surface area contributed by atoms with Crippen LogP contribution in [0.2, 0.25) is 0 Å². The van der Waals surface area contributed by atoms with E-state index in [9.17, 15) is 9.59 Å². The maximum absolute atomic E-state index is 12.4. The average Bonchev–Trinajstić information content (AvgIpc) is 3.52. The third-order valence-corrected chi connectivity index (χ3v) is 6.64. The van der Waals surface area contributed by atoms with Gasteiger partial charge in [0.2, 0.25) is 0 Å². The molecule has 0 atom stereocenters. The van der Waals surface area contributed by atoms with E-state index in [-0.39, 0.29) is 18.6 Å². The standard InChI is InChI=1S/C30H31N3O4/c34-28(31-24-12-5-2-1-3-6-13-24)21-36-29(35)18-17-23-20-33(25-14-7-4-8-15-25)32-30(23)27-19-22-11-9-10-16-26(22)37-27/h4,7-11,14-20,24H,1-3,5-6,12-13,21H2,(H,31,34). The number of nitrogens with zero attached hydrogens (tertiary/aromatic N) is 2. The van der Waals surface area contributed by atoms with Crippen molar-refractivity contribution in [3.8, 4) is 17.1 Å². The lowest BCUT2D eigenvalue weighted by Crippen LogP contribution is -2.37. The van der Waals surface area contributed by atoms with Crippen LogP contribution in [0.1, 0.15) is 50.5 Å². The van der Waals surface area contributed by atoms with Gasteiger partial charge in [-0.3, -0.25) is 4.79 Å². The van der Waals surface area contributed by atoms with E-state index in [0.717, 1.165) is 42.3 Å². The first-order chi connectivity index (χ1) is 18.2. The lowest BCUT2D eigenvalue weighted by Gasteiger charge is -2.20. The summed E-state index contributed by atoms with van der Waals surface area (Å²) in [6.07, 6.45) is 12.7. The van der Waals surface area contributed by atoms with Crippen molar-refractivity contribution in [2.75, 3.05) is 6.61 Å². The highest BCUT2D eigenvalue weighted by Gasteiger charge is 2.17. The zero-order valence-electron chi connectivity index (χ0n) is 20.8. The van der Waals surface area contributed by atoms with Crippen molar-refractivity contribution in [3.05, 3.63) is 78.5 Å². The first-order valence-corrected chi connectivity index (χ1v) is 12.9. The molecule has 4 aromatic rings. The molecule has 0 radical (unpaired) electrons. The minimum atomic E-state index is -0.587. The summed E-state index contributed by atoms with van der Waals surface area (Å²) < 4.78 is 13.0.